The lowest BCUT2D eigenvalue weighted by atomic mass is 9.94. The predicted molar refractivity (Wildman–Crippen MR) is 103 cm³/mol. The van der Waals surface area contributed by atoms with Gasteiger partial charge in [0.2, 0.25) is 0 Å². The van der Waals surface area contributed by atoms with Crippen molar-refractivity contribution in [3.63, 3.8) is 0 Å². The Morgan fingerprint density at radius 2 is 1.48 bits per heavy atom. The Morgan fingerprint density at radius 3 is 2.00 bits per heavy atom. The highest BCUT2D eigenvalue weighted by Gasteiger charge is 2.32. The second kappa shape index (κ2) is 11.1. The van der Waals surface area contributed by atoms with E-state index in [1.54, 1.807) is 0 Å². The molecule has 5 nitrogen and oxygen atoms in total. The molecular weight excluding hydrogens is 337 g/mol. The molecule has 1 unspecified atom stereocenters. The van der Waals surface area contributed by atoms with E-state index in [0.717, 1.165) is 12.0 Å². The smallest absolute Gasteiger partial charge is 0.327 e. The van der Waals surface area contributed by atoms with Crippen LogP contribution < -0.4 is 5.73 Å². The lowest BCUT2D eigenvalue weighted by Crippen LogP contribution is -2.47. The fourth-order valence-electron chi connectivity index (χ4n) is 2.99. The van der Waals surface area contributed by atoms with E-state index in [9.17, 15) is 9.67 Å². The van der Waals surface area contributed by atoms with Gasteiger partial charge in [-0.2, -0.15) is 0 Å². The van der Waals surface area contributed by atoms with Crippen LogP contribution in [0.25, 0.3) is 0 Å². The SMILES string of the molecule is CCCCCCCCc1ccc(CCC(N)(CO)CP(=O)(O)O)cc1. The summed E-state index contributed by atoms with van der Waals surface area (Å²) in [5, 5.41) is 9.38. The molecule has 0 amide bonds. The van der Waals surface area contributed by atoms with E-state index in [0.29, 0.717) is 12.8 Å². The number of aliphatic hydroxyl groups excluding tert-OH is 1. The topological polar surface area (TPSA) is 104 Å². The van der Waals surface area contributed by atoms with Gasteiger partial charge in [-0.1, -0.05) is 63.3 Å². The van der Waals surface area contributed by atoms with Crippen LogP contribution in [-0.2, 0) is 17.4 Å². The van der Waals surface area contributed by atoms with Crippen LogP contribution in [0.4, 0.5) is 0 Å². The Balaban J connectivity index is 2.39. The number of aliphatic hydroxyl groups is 1. The zero-order chi connectivity index (χ0) is 18.8. The van der Waals surface area contributed by atoms with Gasteiger partial charge in [0.05, 0.1) is 18.3 Å². The van der Waals surface area contributed by atoms with Crippen LogP contribution in [0.15, 0.2) is 24.3 Å². The lowest BCUT2D eigenvalue weighted by molar-refractivity contribution is 0.195. The van der Waals surface area contributed by atoms with Gasteiger partial charge in [-0.05, 0) is 36.8 Å². The first-order valence-electron chi connectivity index (χ1n) is 9.30. The summed E-state index contributed by atoms with van der Waals surface area (Å²) < 4.78 is 11.1. The van der Waals surface area contributed by atoms with Crippen molar-refractivity contribution in [2.45, 2.75) is 70.3 Å². The van der Waals surface area contributed by atoms with Crippen molar-refractivity contribution in [3.05, 3.63) is 35.4 Å². The van der Waals surface area contributed by atoms with E-state index in [2.05, 4.69) is 19.1 Å². The van der Waals surface area contributed by atoms with Crippen LogP contribution in [0.2, 0.25) is 0 Å². The Morgan fingerprint density at radius 1 is 0.960 bits per heavy atom. The number of benzene rings is 1. The molecule has 1 atom stereocenters. The largest absolute Gasteiger partial charge is 0.394 e. The monoisotopic (exact) mass is 371 g/mol. The molecule has 1 aromatic rings. The second-order valence-corrected chi connectivity index (χ2v) is 8.82. The molecule has 0 spiro atoms. The summed E-state index contributed by atoms with van der Waals surface area (Å²) in [7, 11) is -4.24. The lowest BCUT2D eigenvalue weighted by Gasteiger charge is -2.27. The molecule has 1 aromatic carbocycles. The molecule has 0 fully saturated rings. The molecular formula is C19H34NO4P. The van der Waals surface area contributed by atoms with Gasteiger partial charge in [-0.3, -0.25) is 4.57 Å². The third-order valence-corrected chi connectivity index (χ3v) is 5.63. The molecule has 0 aromatic heterocycles. The van der Waals surface area contributed by atoms with Crippen molar-refractivity contribution < 1.29 is 19.5 Å². The van der Waals surface area contributed by atoms with Crippen LogP contribution in [0.1, 0.15) is 63.0 Å². The third kappa shape index (κ3) is 10.1. The molecule has 25 heavy (non-hydrogen) atoms. The number of nitrogens with two attached hydrogens (primary N) is 1. The summed E-state index contributed by atoms with van der Waals surface area (Å²) in [6.07, 6.45) is 9.25. The molecule has 0 aliphatic carbocycles. The average molecular weight is 371 g/mol. The molecule has 1 rings (SSSR count). The van der Waals surface area contributed by atoms with E-state index in [4.69, 9.17) is 15.5 Å². The van der Waals surface area contributed by atoms with Gasteiger partial charge in [0.15, 0.2) is 0 Å². The minimum Gasteiger partial charge on any atom is -0.394 e. The van der Waals surface area contributed by atoms with Crippen LogP contribution in [-0.4, -0.2) is 33.2 Å². The van der Waals surface area contributed by atoms with Gasteiger partial charge in [-0.15, -0.1) is 0 Å². The Hall–Kier alpha value is -0.710. The molecule has 0 saturated heterocycles. The van der Waals surface area contributed by atoms with Gasteiger partial charge < -0.3 is 20.6 Å². The van der Waals surface area contributed by atoms with Gasteiger partial charge >= 0.3 is 7.60 Å². The first kappa shape index (κ1) is 22.3. The van der Waals surface area contributed by atoms with E-state index in [1.807, 2.05) is 12.1 Å². The van der Waals surface area contributed by atoms with Gasteiger partial charge in [0.25, 0.3) is 0 Å². The van der Waals surface area contributed by atoms with Gasteiger partial charge in [0, 0.05) is 0 Å². The Bertz CT molecular complexity index is 529. The van der Waals surface area contributed by atoms with E-state index in [-0.39, 0.29) is 0 Å². The summed E-state index contributed by atoms with van der Waals surface area (Å²) in [4.78, 5) is 18.2. The van der Waals surface area contributed by atoms with E-state index >= 15 is 0 Å². The quantitative estimate of drug-likeness (QED) is 0.314. The summed E-state index contributed by atoms with van der Waals surface area (Å²) in [5.74, 6) is 0. The van der Waals surface area contributed by atoms with E-state index in [1.165, 1.54) is 44.1 Å². The summed E-state index contributed by atoms with van der Waals surface area (Å²) in [6, 6.07) is 8.31. The summed E-state index contributed by atoms with van der Waals surface area (Å²) in [6.45, 7) is 1.79. The highest BCUT2D eigenvalue weighted by atomic mass is 31.2. The van der Waals surface area contributed by atoms with Crippen LogP contribution in [0.5, 0.6) is 0 Å². The summed E-state index contributed by atoms with van der Waals surface area (Å²) >= 11 is 0. The standard InChI is InChI=1S/C19H34NO4P/c1-2-3-4-5-6-7-8-17-9-11-18(12-10-17)13-14-19(20,15-21)16-25(22,23)24/h9-12,21H,2-8,13-16,20H2,1H3,(H2,22,23,24). The van der Waals surface area contributed by atoms with Crippen molar-refractivity contribution in [2.24, 2.45) is 5.73 Å². The van der Waals surface area contributed by atoms with Crippen molar-refractivity contribution in [1.82, 2.24) is 0 Å². The normalized spacial score (nSPS) is 14.4. The van der Waals surface area contributed by atoms with Crippen molar-refractivity contribution >= 4 is 7.60 Å². The predicted octanol–water partition coefficient (Wildman–Crippen LogP) is 3.39. The summed E-state index contributed by atoms with van der Waals surface area (Å²) in [5.41, 5.74) is 7.08. The molecule has 0 bridgehead atoms. The average Bonchev–Trinajstić information content (AvgIpc) is 2.56. The zero-order valence-electron chi connectivity index (χ0n) is 15.4. The molecule has 5 N–H and O–H groups in total. The number of unbranched alkanes of at least 4 members (excludes halogenated alkanes) is 5. The van der Waals surface area contributed by atoms with Crippen molar-refractivity contribution in [1.29, 1.82) is 0 Å². The fraction of sp³-hybridized carbons (Fsp3) is 0.684. The molecule has 0 heterocycles. The maximum atomic E-state index is 11.1. The number of aryl methyl sites for hydroxylation is 2. The number of hydrogen-bond acceptors (Lipinski definition) is 3. The highest BCUT2D eigenvalue weighted by molar-refractivity contribution is 7.51. The molecule has 0 aliphatic heterocycles. The molecule has 0 aliphatic rings. The van der Waals surface area contributed by atoms with Gasteiger partial charge in [-0.25, -0.2) is 0 Å². The van der Waals surface area contributed by atoms with Gasteiger partial charge in [0.1, 0.15) is 0 Å². The molecule has 144 valence electrons. The maximum absolute atomic E-state index is 11.1. The fourth-order valence-corrected chi connectivity index (χ4v) is 4.07. The first-order valence-corrected chi connectivity index (χ1v) is 11.1. The minimum atomic E-state index is -4.24. The zero-order valence-corrected chi connectivity index (χ0v) is 16.3. The molecule has 0 radical (unpaired) electrons. The van der Waals surface area contributed by atoms with Crippen LogP contribution in [0.3, 0.4) is 0 Å². The first-order chi connectivity index (χ1) is 11.8. The Labute approximate surface area is 151 Å². The van der Waals surface area contributed by atoms with E-state index < -0.39 is 25.9 Å². The van der Waals surface area contributed by atoms with Crippen LogP contribution in [0, 0.1) is 0 Å². The van der Waals surface area contributed by atoms with Crippen molar-refractivity contribution in [2.75, 3.05) is 12.8 Å². The Kier molecular flexibility index (Phi) is 9.91. The van der Waals surface area contributed by atoms with Crippen LogP contribution >= 0.6 is 7.60 Å². The minimum absolute atomic E-state index is 0.339. The second-order valence-electron chi connectivity index (χ2n) is 7.18. The maximum Gasteiger partial charge on any atom is 0.327 e. The third-order valence-electron chi connectivity index (χ3n) is 4.59. The number of rotatable bonds is 13. The number of hydrogen-bond donors (Lipinski definition) is 4. The highest BCUT2D eigenvalue weighted by Crippen LogP contribution is 2.38. The van der Waals surface area contributed by atoms with Crippen molar-refractivity contribution in [3.8, 4) is 0 Å². The molecule has 6 heteroatoms. The molecule has 0 saturated carbocycles.